The van der Waals surface area contributed by atoms with Crippen LogP contribution in [0.5, 0.6) is 11.5 Å². The number of hydrogen-bond acceptors (Lipinski definition) is 6. The molecule has 1 N–H and O–H groups in total. The van der Waals surface area contributed by atoms with Crippen molar-refractivity contribution in [2.24, 2.45) is 0 Å². The van der Waals surface area contributed by atoms with Crippen LogP contribution in [0.15, 0.2) is 18.2 Å². The molecule has 0 atom stereocenters. The monoisotopic (exact) mass is 449 g/mol. The van der Waals surface area contributed by atoms with Crippen LogP contribution in [0.1, 0.15) is 41.3 Å². The van der Waals surface area contributed by atoms with E-state index in [-0.39, 0.29) is 23.8 Å². The van der Waals surface area contributed by atoms with Gasteiger partial charge in [0, 0.05) is 24.4 Å². The molecule has 0 radical (unpaired) electrons. The summed E-state index contributed by atoms with van der Waals surface area (Å²) in [5, 5.41) is 13.0. The van der Waals surface area contributed by atoms with Crippen molar-refractivity contribution < 1.29 is 23.0 Å². The van der Waals surface area contributed by atoms with Crippen LogP contribution in [-0.4, -0.2) is 37.6 Å². The molecule has 1 amide bonds. The maximum absolute atomic E-state index is 12.5. The minimum absolute atomic E-state index is 0.00114. The second-order valence-corrected chi connectivity index (χ2v) is 8.41. The maximum atomic E-state index is 12.5. The molecule has 31 heavy (non-hydrogen) atoms. The van der Waals surface area contributed by atoms with Crippen LogP contribution in [0.4, 0.5) is 13.8 Å². The number of rotatable bonds is 10. The number of nitrogens with zero attached hydrogens (tertiary/aromatic N) is 2. The molecule has 3 rings (SSSR count). The summed E-state index contributed by atoms with van der Waals surface area (Å²) in [6.45, 7) is 0.189. The molecule has 0 spiro atoms. The molecule has 1 heterocycles. The third kappa shape index (κ3) is 5.93. The van der Waals surface area contributed by atoms with Gasteiger partial charge in [-0.25, -0.2) is 0 Å². The van der Waals surface area contributed by atoms with Gasteiger partial charge in [0.25, 0.3) is 0 Å². The van der Waals surface area contributed by atoms with E-state index in [9.17, 15) is 18.8 Å². The molecule has 1 aliphatic carbocycles. The number of thiophene rings is 1. The zero-order chi connectivity index (χ0) is 22.4. The molecule has 166 valence electrons. The average Bonchev–Trinajstić information content (AvgIpc) is 3.29. The van der Waals surface area contributed by atoms with Crippen LogP contribution in [0.25, 0.3) is 0 Å². The van der Waals surface area contributed by atoms with Crippen molar-refractivity contribution in [3.8, 4) is 17.6 Å². The van der Waals surface area contributed by atoms with Gasteiger partial charge in [0.15, 0.2) is 11.5 Å². The van der Waals surface area contributed by atoms with Crippen molar-refractivity contribution in [3.05, 3.63) is 39.8 Å². The fourth-order valence-electron chi connectivity index (χ4n) is 3.60. The van der Waals surface area contributed by atoms with Crippen molar-refractivity contribution in [3.63, 3.8) is 0 Å². The standard InChI is InChI=1S/C22H25F2N3O3S/c1-3-29-18-11-14(7-8-17(18)30-22(23)24)13-27(2)10-9-20(28)26-21-16(12-25)15-5-4-6-19(15)31-21/h7-8,11,22H,3-6,9-10,13H2,1-2H3,(H,26,28). The van der Waals surface area contributed by atoms with Gasteiger partial charge >= 0.3 is 6.61 Å². The van der Waals surface area contributed by atoms with Crippen molar-refractivity contribution >= 4 is 22.2 Å². The third-order valence-electron chi connectivity index (χ3n) is 4.98. The highest BCUT2D eigenvalue weighted by Crippen LogP contribution is 2.38. The van der Waals surface area contributed by atoms with Crippen molar-refractivity contribution in [1.82, 2.24) is 4.90 Å². The van der Waals surface area contributed by atoms with Gasteiger partial charge in [-0.05, 0) is 56.5 Å². The Bertz CT molecular complexity index is 972. The van der Waals surface area contributed by atoms with Crippen LogP contribution in [-0.2, 0) is 24.2 Å². The summed E-state index contributed by atoms with van der Waals surface area (Å²) < 4.78 is 35.0. The first-order valence-corrected chi connectivity index (χ1v) is 11.0. The molecular formula is C22H25F2N3O3S. The van der Waals surface area contributed by atoms with Gasteiger partial charge < -0.3 is 19.7 Å². The van der Waals surface area contributed by atoms with E-state index in [1.165, 1.54) is 22.3 Å². The fourth-order valence-corrected chi connectivity index (χ4v) is 4.85. The Hall–Kier alpha value is -2.70. The Balaban J connectivity index is 1.54. The van der Waals surface area contributed by atoms with Gasteiger partial charge in [0.05, 0.1) is 12.2 Å². The molecule has 0 saturated carbocycles. The van der Waals surface area contributed by atoms with E-state index < -0.39 is 6.61 Å². The number of hydrogen-bond donors (Lipinski definition) is 1. The third-order valence-corrected chi connectivity index (χ3v) is 6.19. The number of amides is 1. The Kier molecular flexibility index (Phi) is 7.82. The lowest BCUT2D eigenvalue weighted by Crippen LogP contribution is -2.24. The van der Waals surface area contributed by atoms with E-state index in [1.807, 2.05) is 11.9 Å². The summed E-state index contributed by atoms with van der Waals surface area (Å²) in [6, 6.07) is 7.06. The highest BCUT2D eigenvalue weighted by Gasteiger charge is 2.23. The van der Waals surface area contributed by atoms with Crippen LogP contribution in [0.3, 0.4) is 0 Å². The second kappa shape index (κ2) is 10.6. The molecule has 9 heteroatoms. The molecular weight excluding hydrogens is 424 g/mol. The van der Waals surface area contributed by atoms with Gasteiger partial charge in [-0.3, -0.25) is 4.79 Å². The first kappa shape index (κ1) is 23.0. The molecule has 2 aromatic rings. The maximum Gasteiger partial charge on any atom is 0.387 e. The predicted octanol–water partition coefficient (Wildman–Crippen LogP) is 4.57. The molecule has 1 aromatic heterocycles. The Morgan fingerprint density at radius 2 is 2.16 bits per heavy atom. The zero-order valence-electron chi connectivity index (χ0n) is 17.5. The fraction of sp³-hybridized carbons (Fsp3) is 0.455. The topological polar surface area (TPSA) is 74.6 Å². The molecule has 0 bridgehead atoms. The number of aryl methyl sites for hydroxylation is 1. The van der Waals surface area contributed by atoms with Crippen LogP contribution >= 0.6 is 11.3 Å². The predicted molar refractivity (Wildman–Crippen MR) is 115 cm³/mol. The van der Waals surface area contributed by atoms with Gasteiger partial charge in [-0.1, -0.05) is 6.07 Å². The number of carbonyl (C=O) groups excluding carboxylic acids is 1. The van der Waals surface area contributed by atoms with Gasteiger partial charge in [0.2, 0.25) is 5.91 Å². The number of ether oxygens (including phenoxy) is 2. The Morgan fingerprint density at radius 3 is 2.87 bits per heavy atom. The zero-order valence-corrected chi connectivity index (χ0v) is 18.4. The molecule has 0 unspecified atom stereocenters. The number of fused-ring (bicyclic) bond motifs is 1. The number of halogens is 2. The van der Waals surface area contributed by atoms with E-state index in [1.54, 1.807) is 19.1 Å². The molecule has 0 aliphatic heterocycles. The lowest BCUT2D eigenvalue weighted by molar-refractivity contribution is -0.116. The summed E-state index contributed by atoms with van der Waals surface area (Å²) in [7, 11) is 1.87. The largest absolute Gasteiger partial charge is 0.490 e. The smallest absolute Gasteiger partial charge is 0.387 e. The quantitative estimate of drug-likeness (QED) is 0.575. The molecule has 0 fully saturated rings. The summed E-state index contributed by atoms with van der Waals surface area (Å²) in [5.41, 5.74) is 2.55. The van der Waals surface area contributed by atoms with E-state index >= 15 is 0 Å². The minimum atomic E-state index is -2.92. The summed E-state index contributed by atoms with van der Waals surface area (Å²) in [5.74, 6) is 0.124. The Labute approximate surface area is 184 Å². The van der Waals surface area contributed by atoms with E-state index in [4.69, 9.17) is 4.74 Å². The number of carbonyl (C=O) groups is 1. The first-order chi connectivity index (χ1) is 14.9. The lowest BCUT2D eigenvalue weighted by Gasteiger charge is -2.18. The van der Waals surface area contributed by atoms with Crippen molar-refractivity contribution in [1.29, 1.82) is 5.26 Å². The molecule has 0 saturated heterocycles. The van der Waals surface area contributed by atoms with Crippen molar-refractivity contribution in [2.75, 3.05) is 25.5 Å². The van der Waals surface area contributed by atoms with Gasteiger partial charge in [-0.2, -0.15) is 14.0 Å². The van der Waals surface area contributed by atoms with E-state index in [2.05, 4.69) is 16.1 Å². The summed E-state index contributed by atoms with van der Waals surface area (Å²) in [6.07, 6.45) is 3.21. The van der Waals surface area contributed by atoms with E-state index in [0.29, 0.717) is 30.3 Å². The van der Waals surface area contributed by atoms with Gasteiger partial charge in [0.1, 0.15) is 11.1 Å². The van der Waals surface area contributed by atoms with Gasteiger partial charge in [-0.15, -0.1) is 11.3 Å². The highest BCUT2D eigenvalue weighted by molar-refractivity contribution is 7.16. The number of nitrogens with one attached hydrogen (secondary N) is 1. The van der Waals surface area contributed by atoms with Crippen LogP contribution in [0.2, 0.25) is 0 Å². The lowest BCUT2D eigenvalue weighted by atomic mass is 10.1. The first-order valence-electron chi connectivity index (χ1n) is 10.1. The number of nitriles is 1. The molecule has 6 nitrogen and oxygen atoms in total. The minimum Gasteiger partial charge on any atom is -0.490 e. The number of benzene rings is 1. The van der Waals surface area contributed by atoms with Crippen LogP contribution in [0, 0.1) is 11.3 Å². The van der Waals surface area contributed by atoms with Crippen molar-refractivity contribution in [2.45, 2.75) is 45.8 Å². The van der Waals surface area contributed by atoms with Crippen LogP contribution < -0.4 is 14.8 Å². The van der Waals surface area contributed by atoms with E-state index in [0.717, 1.165) is 30.4 Å². The normalized spacial score (nSPS) is 12.7. The Morgan fingerprint density at radius 1 is 1.35 bits per heavy atom. The molecule has 1 aliphatic rings. The second-order valence-electron chi connectivity index (χ2n) is 7.30. The SMILES string of the molecule is CCOc1cc(CN(C)CCC(=O)Nc2sc3c(c2C#N)CCC3)ccc1OC(F)F. The average molecular weight is 450 g/mol. The number of anilines is 1. The number of alkyl halides is 2. The highest BCUT2D eigenvalue weighted by atomic mass is 32.1. The summed E-state index contributed by atoms with van der Waals surface area (Å²) in [4.78, 5) is 15.6. The summed E-state index contributed by atoms with van der Waals surface area (Å²) >= 11 is 1.50. The molecule has 1 aromatic carbocycles.